The molecule has 0 aliphatic carbocycles. The van der Waals surface area contributed by atoms with Crippen LogP contribution < -0.4 is 5.63 Å². The van der Waals surface area contributed by atoms with Crippen molar-refractivity contribution in [2.24, 2.45) is 0 Å². The number of phenolic OH excluding ortho intramolecular Hbond substituents is 1. The van der Waals surface area contributed by atoms with E-state index in [0.29, 0.717) is 24.0 Å². The Bertz CT molecular complexity index is 596. The first-order valence-corrected chi connectivity index (χ1v) is 5.95. The highest BCUT2D eigenvalue weighted by Crippen LogP contribution is 2.27. The molecular formula is C14H16O3. The number of aromatic hydroxyl groups is 1. The van der Waals surface area contributed by atoms with Crippen molar-refractivity contribution in [3.63, 3.8) is 0 Å². The van der Waals surface area contributed by atoms with Crippen LogP contribution in [0.15, 0.2) is 27.4 Å². The minimum Gasteiger partial charge on any atom is -0.508 e. The number of rotatable bonds is 3. The van der Waals surface area contributed by atoms with E-state index in [1.807, 2.05) is 19.9 Å². The van der Waals surface area contributed by atoms with E-state index in [-0.39, 0.29) is 11.4 Å². The van der Waals surface area contributed by atoms with Gasteiger partial charge in [-0.3, -0.25) is 0 Å². The van der Waals surface area contributed by atoms with E-state index < -0.39 is 0 Å². The summed E-state index contributed by atoms with van der Waals surface area (Å²) in [6, 6.07) is 5.29. The van der Waals surface area contributed by atoms with Crippen LogP contribution >= 0.6 is 0 Å². The van der Waals surface area contributed by atoms with Gasteiger partial charge in [-0.1, -0.05) is 20.3 Å². The molecule has 0 saturated carbocycles. The normalized spacial score (nSPS) is 10.9. The summed E-state index contributed by atoms with van der Waals surface area (Å²) < 4.78 is 5.33. The van der Waals surface area contributed by atoms with Gasteiger partial charge in [0.25, 0.3) is 0 Å². The zero-order valence-corrected chi connectivity index (χ0v) is 10.1. The fourth-order valence-electron chi connectivity index (χ4n) is 2.01. The molecule has 0 amide bonds. The molecule has 0 aliphatic heterocycles. The summed E-state index contributed by atoms with van der Waals surface area (Å²) in [7, 11) is 0. The number of benzene rings is 1. The molecule has 0 spiro atoms. The van der Waals surface area contributed by atoms with Gasteiger partial charge in [-0.25, -0.2) is 4.79 Å². The standard InChI is InChI=1S/C14H16O3/c1-3-5-11-12(15)7-6-10-8-9(4-2)14(16)17-13(10)11/h6-8,15H,3-5H2,1-2H3. The van der Waals surface area contributed by atoms with Crippen LogP contribution in [0.3, 0.4) is 0 Å². The summed E-state index contributed by atoms with van der Waals surface area (Å²) in [4.78, 5) is 11.7. The van der Waals surface area contributed by atoms with Crippen molar-refractivity contribution in [1.29, 1.82) is 0 Å². The van der Waals surface area contributed by atoms with Crippen molar-refractivity contribution in [2.75, 3.05) is 0 Å². The second-order valence-electron chi connectivity index (χ2n) is 4.14. The van der Waals surface area contributed by atoms with Gasteiger partial charge in [0.2, 0.25) is 0 Å². The van der Waals surface area contributed by atoms with Crippen LogP contribution in [-0.2, 0) is 12.8 Å². The second kappa shape index (κ2) is 4.62. The van der Waals surface area contributed by atoms with Crippen LogP contribution in [0.2, 0.25) is 0 Å². The lowest BCUT2D eigenvalue weighted by atomic mass is 10.0. The number of phenols is 1. The van der Waals surface area contributed by atoms with Gasteiger partial charge >= 0.3 is 5.63 Å². The third-order valence-corrected chi connectivity index (χ3v) is 2.93. The number of fused-ring (bicyclic) bond motifs is 1. The lowest BCUT2D eigenvalue weighted by molar-refractivity contribution is 0.464. The van der Waals surface area contributed by atoms with Gasteiger partial charge < -0.3 is 9.52 Å². The molecule has 0 aliphatic rings. The molecule has 1 aromatic carbocycles. The third-order valence-electron chi connectivity index (χ3n) is 2.93. The largest absolute Gasteiger partial charge is 0.508 e. The third kappa shape index (κ3) is 2.05. The van der Waals surface area contributed by atoms with Crippen molar-refractivity contribution in [3.05, 3.63) is 39.7 Å². The molecule has 0 saturated heterocycles. The summed E-state index contributed by atoms with van der Waals surface area (Å²) in [5.41, 5.74) is 1.62. The molecule has 1 N–H and O–H groups in total. The summed E-state index contributed by atoms with van der Waals surface area (Å²) in [5, 5.41) is 10.7. The summed E-state index contributed by atoms with van der Waals surface area (Å²) in [6.45, 7) is 3.95. The number of aryl methyl sites for hydroxylation is 2. The van der Waals surface area contributed by atoms with E-state index in [1.54, 1.807) is 12.1 Å². The van der Waals surface area contributed by atoms with Gasteiger partial charge in [-0.15, -0.1) is 0 Å². The molecule has 3 heteroatoms. The highest BCUT2D eigenvalue weighted by molar-refractivity contribution is 5.82. The first-order chi connectivity index (χ1) is 8.17. The Hall–Kier alpha value is -1.77. The molecule has 0 atom stereocenters. The highest BCUT2D eigenvalue weighted by atomic mass is 16.4. The van der Waals surface area contributed by atoms with Crippen LogP contribution in [0.25, 0.3) is 11.0 Å². The summed E-state index contributed by atoms with van der Waals surface area (Å²) >= 11 is 0. The molecule has 3 nitrogen and oxygen atoms in total. The van der Waals surface area contributed by atoms with Crippen LogP contribution in [0.1, 0.15) is 31.4 Å². The molecule has 1 aromatic heterocycles. The quantitative estimate of drug-likeness (QED) is 0.827. The monoisotopic (exact) mass is 232 g/mol. The van der Waals surface area contributed by atoms with Crippen LogP contribution in [0.5, 0.6) is 5.75 Å². The van der Waals surface area contributed by atoms with Crippen LogP contribution in [0.4, 0.5) is 0 Å². The Labute approximate surface area is 99.7 Å². The van der Waals surface area contributed by atoms with Gasteiger partial charge in [0.1, 0.15) is 11.3 Å². The Kier molecular flexibility index (Phi) is 3.18. The van der Waals surface area contributed by atoms with Crippen molar-refractivity contribution in [3.8, 4) is 5.75 Å². The SMILES string of the molecule is CCCc1c(O)ccc2cc(CC)c(=O)oc12. The zero-order chi connectivity index (χ0) is 12.4. The Balaban J connectivity index is 2.76. The van der Waals surface area contributed by atoms with Crippen LogP contribution in [-0.4, -0.2) is 5.11 Å². The first kappa shape index (κ1) is 11.7. The predicted molar refractivity (Wildman–Crippen MR) is 67.5 cm³/mol. The molecule has 90 valence electrons. The average Bonchev–Trinajstić information content (AvgIpc) is 2.33. The van der Waals surface area contributed by atoms with Crippen molar-refractivity contribution < 1.29 is 9.52 Å². The van der Waals surface area contributed by atoms with E-state index in [1.165, 1.54) is 0 Å². The maximum absolute atomic E-state index is 11.7. The van der Waals surface area contributed by atoms with E-state index >= 15 is 0 Å². The fourth-order valence-corrected chi connectivity index (χ4v) is 2.01. The maximum atomic E-state index is 11.7. The summed E-state index contributed by atoms with van der Waals surface area (Å²) in [6.07, 6.45) is 2.26. The van der Waals surface area contributed by atoms with Gasteiger partial charge in [-0.2, -0.15) is 0 Å². The number of hydrogen-bond donors (Lipinski definition) is 1. The summed E-state index contributed by atoms with van der Waals surface area (Å²) in [5.74, 6) is 0.201. The predicted octanol–water partition coefficient (Wildman–Crippen LogP) is 3.01. The molecule has 2 aromatic rings. The average molecular weight is 232 g/mol. The molecule has 0 unspecified atom stereocenters. The molecule has 0 radical (unpaired) electrons. The molecule has 1 heterocycles. The molecule has 2 rings (SSSR count). The lowest BCUT2D eigenvalue weighted by Crippen LogP contribution is -2.06. The van der Waals surface area contributed by atoms with Crippen molar-refractivity contribution in [1.82, 2.24) is 0 Å². The van der Waals surface area contributed by atoms with E-state index in [0.717, 1.165) is 17.4 Å². The molecule has 0 fully saturated rings. The lowest BCUT2D eigenvalue weighted by Gasteiger charge is -2.07. The van der Waals surface area contributed by atoms with Gasteiger partial charge in [0.05, 0.1) is 0 Å². The Morgan fingerprint density at radius 2 is 2.06 bits per heavy atom. The minimum atomic E-state index is -0.303. The molecule has 17 heavy (non-hydrogen) atoms. The second-order valence-corrected chi connectivity index (χ2v) is 4.14. The molecular weight excluding hydrogens is 216 g/mol. The van der Waals surface area contributed by atoms with E-state index in [4.69, 9.17) is 4.42 Å². The van der Waals surface area contributed by atoms with Crippen LogP contribution in [0, 0.1) is 0 Å². The van der Waals surface area contributed by atoms with Gasteiger partial charge in [0, 0.05) is 16.5 Å². The highest BCUT2D eigenvalue weighted by Gasteiger charge is 2.11. The first-order valence-electron chi connectivity index (χ1n) is 5.95. The van der Waals surface area contributed by atoms with Crippen molar-refractivity contribution in [2.45, 2.75) is 33.1 Å². The topological polar surface area (TPSA) is 50.4 Å². The van der Waals surface area contributed by atoms with Gasteiger partial charge in [0.15, 0.2) is 0 Å². The van der Waals surface area contributed by atoms with E-state index in [9.17, 15) is 9.90 Å². The Morgan fingerprint density at radius 1 is 1.29 bits per heavy atom. The van der Waals surface area contributed by atoms with Gasteiger partial charge in [-0.05, 0) is 31.0 Å². The Morgan fingerprint density at radius 3 is 2.71 bits per heavy atom. The zero-order valence-electron chi connectivity index (χ0n) is 10.1. The smallest absolute Gasteiger partial charge is 0.339 e. The van der Waals surface area contributed by atoms with E-state index in [2.05, 4.69) is 0 Å². The van der Waals surface area contributed by atoms with Crippen molar-refractivity contribution >= 4 is 11.0 Å². The maximum Gasteiger partial charge on any atom is 0.339 e. The number of hydrogen-bond acceptors (Lipinski definition) is 3. The fraction of sp³-hybridized carbons (Fsp3) is 0.357. The minimum absolute atomic E-state index is 0.201. The molecule has 0 bridgehead atoms.